The summed E-state index contributed by atoms with van der Waals surface area (Å²) in [5, 5.41) is 3.34. The van der Waals surface area contributed by atoms with Crippen molar-refractivity contribution >= 4 is 12.0 Å². The van der Waals surface area contributed by atoms with Gasteiger partial charge < -0.3 is 19.5 Å². The van der Waals surface area contributed by atoms with E-state index in [2.05, 4.69) is 10.2 Å². The summed E-state index contributed by atoms with van der Waals surface area (Å²) in [6.07, 6.45) is 5.81. The summed E-state index contributed by atoms with van der Waals surface area (Å²) in [6.45, 7) is 3.11. The second kappa shape index (κ2) is 8.58. The number of piperidine rings is 1. The van der Waals surface area contributed by atoms with Crippen LogP contribution in [-0.2, 0) is 4.74 Å². The quantitative estimate of drug-likeness (QED) is 0.793. The van der Waals surface area contributed by atoms with E-state index in [4.69, 9.17) is 4.74 Å². The topological polar surface area (TPSA) is 63.6 Å². The number of carbonyl (C=O) groups excluding carboxylic acids is 1. The average molecular weight is 351 g/mol. The zero-order valence-electron chi connectivity index (χ0n) is 14.5. The van der Waals surface area contributed by atoms with Gasteiger partial charge in [0, 0.05) is 57.2 Å². The summed E-state index contributed by atoms with van der Waals surface area (Å²) in [4.78, 5) is 26.1. The summed E-state index contributed by atoms with van der Waals surface area (Å²) >= 11 is 0. The zero-order chi connectivity index (χ0) is 17.6. The molecule has 25 heavy (non-hydrogen) atoms. The molecule has 1 aromatic rings. The van der Waals surface area contributed by atoms with Crippen LogP contribution in [0.3, 0.4) is 0 Å². The molecular weight excluding hydrogens is 325 g/mol. The van der Waals surface area contributed by atoms with Gasteiger partial charge in [0.2, 0.25) is 0 Å². The van der Waals surface area contributed by atoms with Crippen LogP contribution in [0.5, 0.6) is 0 Å². The second-order valence-corrected chi connectivity index (χ2v) is 6.80. The Balaban J connectivity index is 1.70. The Morgan fingerprint density at radius 1 is 1.24 bits per heavy atom. The monoisotopic (exact) mass is 351 g/mol. The van der Waals surface area contributed by atoms with Crippen LogP contribution in [0.4, 0.5) is 10.1 Å². The molecule has 0 amide bonds. The lowest BCUT2D eigenvalue weighted by atomic mass is 10.0. The van der Waals surface area contributed by atoms with Gasteiger partial charge in [-0.25, -0.2) is 4.39 Å². The van der Waals surface area contributed by atoms with E-state index in [0.29, 0.717) is 31.0 Å². The number of rotatable bonds is 6. The van der Waals surface area contributed by atoms with Gasteiger partial charge in [-0.15, -0.1) is 0 Å². The summed E-state index contributed by atoms with van der Waals surface area (Å²) in [5.74, 6) is 0. The van der Waals surface area contributed by atoms with E-state index < -0.39 is 0 Å². The molecule has 6 nitrogen and oxygen atoms in total. The smallest absolute Gasteiger partial charge is 0.252 e. The predicted molar refractivity (Wildman–Crippen MR) is 94.2 cm³/mol. The van der Waals surface area contributed by atoms with Crippen molar-refractivity contribution in [3.63, 3.8) is 0 Å². The van der Waals surface area contributed by atoms with Gasteiger partial charge in [-0.1, -0.05) is 0 Å². The third-order valence-corrected chi connectivity index (χ3v) is 5.17. The number of likely N-dealkylation sites (tertiary alicyclic amines) is 1. The molecule has 2 fully saturated rings. The standard InChI is InChI=1S/C18H26FN3O3/c19-5-8-21-6-1-15(2-7-21)20-17-11-18(24)22(12-14(17)13-23)16-3-9-25-10-4-16/h11-13,15-16,20H,1-10H2. The molecule has 1 aromatic heterocycles. The van der Waals surface area contributed by atoms with Crippen LogP contribution in [0, 0.1) is 0 Å². The SMILES string of the molecule is O=Cc1cn(C2CCOCC2)c(=O)cc1NC1CCN(CCF)CC1. The molecule has 0 saturated carbocycles. The Hall–Kier alpha value is -1.73. The molecule has 2 aliphatic rings. The van der Waals surface area contributed by atoms with Gasteiger partial charge in [0.05, 0.1) is 11.3 Å². The molecule has 0 unspecified atom stereocenters. The van der Waals surface area contributed by atoms with Gasteiger partial charge in [-0.2, -0.15) is 0 Å². The first-order valence-electron chi connectivity index (χ1n) is 9.05. The maximum Gasteiger partial charge on any atom is 0.252 e. The lowest BCUT2D eigenvalue weighted by Crippen LogP contribution is -2.40. The van der Waals surface area contributed by atoms with E-state index in [-0.39, 0.29) is 24.3 Å². The fraction of sp³-hybridized carbons (Fsp3) is 0.667. The Labute approximate surface area is 147 Å². The summed E-state index contributed by atoms with van der Waals surface area (Å²) < 4.78 is 19.4. The number of nitrogens with zero attached hydrogens (tertiary/aromatic N) is 2. The molecule has 0 bridgehead atoms. The first-order valence-corrected chi connectivity index (χ1v) is 9.05. The van der Waals surface area contributed by atoms with E-state index in [1.54, 1.807) is 10.8 Å². The first kappa shape index (κ1) is 18.1. The molecule has 0 radical (unpaired) electrons. The van der Waals surface area contributed by atoms with E-state index in [9.17, 15) is 14.0 Å². The fourth-order valence-electron chi connectivity index (χ4n) is 3.67. The van der Waals surface area contributed by atoms with E-state index in [0.717, 1.165) is 45.1 Å². The molecule has 7 heteroatoms. The molecule has 2 saturated heterocycles. The highest BCUT2D eigenvalue weighted by atomic mass is 19.1. The maximum atomic E-state index is 12.5. The van der Waals surface area contributed by atoms with Gasteiger partial charge in [0.25, 0.3) is 5.56 Å². The number of carbonyl (C=O) groups is 1. The number of nitrogens with one attached hydrogen (secondary N) is 1. The lowest BCUT2D eigenvalue weighted by Gasteiger charge is -2.32. The van der Waals surface area contributed by atoms with Crippen molar-refractivity contribution in [2.75, 3.05) is 44.8 Å². The molecule has 0 aliphatic carbocycles. The van der Waals surface area contributed by atoms with Crippen LogP contribution in [0.1, 0.15) is 42.1 Å². The molecule has 138 valence electrons. The van der Waals surface area contributed by atoms with E-state index in [1.165, 1.54) is 6.07 Å². The number of aldehydes is 1. The zero-order valence-corrected chi connectivity index (χ0v) is 14.5. The van der Waals surface area contributed by atoms with Crippen LogP contribution in [0.2, 0.25) is 0 Å². The molecular formula is C18H26FN3O3. The van der Waals surface area contributed by atoms with Gasteiger partial charge in [-0.3, -0.25) is 9.59 Å². The highest BCUT2D eigenvalue weighted by Crippen LogP contribution is 2.22. The molecule has 2 aliphatic heterocycles. The van der Waals surface area contributed by atoms with Crippen LogP contribution < -0.4 is 10.9 Å². The average Bonchev–Trinajstić information content (AvgIpc) is 2.64. The van der Waals surface area contributed by atoms with Gasteiger partial charge >= 0.3 is 0 Å². The van der Waals surface area contributed by atoms with Crippen molar-refractivity contribution in [2.24, 2.45) is 0 Å². The molecule has 3 rings (SSSR count). The number of hydrogen-bond acceptors (Lipinski definition) is 5. The summed E-state index contributed by atoms with van der Waals surface area (Å²) in [5.41, 5.74) is 1.03. The number of pyridine rings is 1. The third kappa shape index (κ3) is 4.46. The van der Waals surface area contributed by atoms with Gasteiger partial charge in [0.15, 0.2) is 6.29 Å². The van der Waals surface area contributed by atoms with Crippen molar-refractivity contribution in [3.05, 3.63) is 28.2 Å². The molecule has 0 spiro atoms. The largest absolute Gasteiger partial charge is 0.381 e. The number of alkyl halides is 1. The number of halogens is 1. The second-order valence-electron chi connectivity index (χ2n) is 6.80. The minimum Gasteiger partial charge on any atom is -0.381 e. The van der Waals surface area contributed by atoms with Crippen molar-refractivity contribution in [3.8, 4) is 0 Å². The molecule has 3 heterocycles. The Morgan fingerprint density at radius 3 is 2.60 bits per heavy atom. The number of ether oxygens (including phenoxy) is 1. The predicted octanol–water partition coefficient (Wildman–Crippen LogP) is 1.86. The fourth-order valence-corrected chi connectivity index (χ4v) is 3.67. The van der Waals surface area contributed by atoms with Crippen molar-refractivity contribution in [1.82, 2.24) is 9.47 Å². The number of anilines is 1. The lowest BCUT2D eigenvalue weighted by molar-refractivity contribution is 0.0686. The van der Waals surface area contributed by atoms with Gasteiger partial charge in [-0.05, 0) is 25.7 Å². The van der Waals surface area contributed by atoms with Crippen LogP contribution in [0.15, 0.2) is 17.1 Å². The number of hydrogen-bond donors (Lipinski definition) is 1. The van der Waals surface area contributed by atoms with Crippen molar-refractivity contribution in [1.29, 1.82) is 0 Å². The molecule has 1 N–H and O–H groups in total. The Kier molecular flexibility index (Phi) is 6.20. The highest BCUT2D eigenvalue weighted by Gasteiger charge is 2.22. The van der Waals surface area contributed by atoms with Crippen LogP contribution in [-0.4, -0.2) is 61.3 Å². The first-order chi connectivity index (χ1) is 12.2. The van der Waals surface area contributed by atoms with E-state index in [1.807, 2.05) is 0 Å². The number of aromatic nitrogens is 1. The third-order valence-electron chi connectivity index (χ3n) is 5.17. The summed E-state index contributed by atoms with van der Waals surface area (Å²) in [7, 11) is 0. The Bertz CT molecular complexity index is 635. The minimum absolute atomic E-state index is 0.0881. The van der Waals surface area contributed by atoms with Crippen LogP contribution >= 0.6 is 0 Å². The van der Waals surface area contributed by atoms with Crippen molar-refractivity contribution in [2.45, 2.75) is 37.8 Å². The highest BCUT2D eigenvalue weighted by molar-refractivity contribution is 5.83. The summed E-state index contributed by atoms with van der Waals surface area (Å²) in [6, 6.07) is 1.83. The molecule has 0 atom stereocenters. The van der Waals surface area contributed by atoms with Gasteiger partial charge in [0.1, 0.15) is 6.67 Å². The normalized spacial score (nSPS) is 20.5. The molecule has 0 aromatic carbocycles. The van der Waals surface area contributed by atoms with E-state index >= 15 is 0 Å². The minimum atomic E-state index is -0.322. The van der Waals surface area contributed by atoms with Crippen LogP contribution in [0.25, 0.3) is 0 Å². The Morgan fingerprint density at radius 2 is 1.96 bits per heavy atom. The maximum absolute atomic E-state index is 12.5. The van der Waals surface area contributed by atoms with Crippen molar-refractivity contribution < 1.29 is 13.9 Å².